The van der Waals surface area contributed by atoms with Crippen LogP contribution >= 0.6 is 0 Å². The van der Waals surface area contributed by atoms with Gasteiger partial charge in [0, 0.05) is 18.1 Å². The van der Waals surface area contributed by atoms with Gasteiger partial charge in [0.25, 0.3) is 0 Å². The molecule has 3 heterocycles. The molecule has 26 heavy (non-hydrogen) atoms. The third-order valence-corrected chi connectivity index (χ3v) is 5.24. The lowest BCUT2D eigenvalue weighted by molar-refractivity contribution is -0.147. The molecule has 0 aliphatic carbocycles. The Morgan fingerprint density at radius 3 is 2.27 bits per heavy atom. The first kappa shape index (κ1) is 16.7. The van der Waals surface area contributed by atoms with Crippen LogP contribution in [0.3, 0.4) is 0 Å². The van der Waals surface area contributed by atoms with Crippen molar-refractivity contribution in [2.75, 3.05) is 5.32 Å². The minimum atomic E-state index is -0.954. The van der Waals surface area contributed by atoms with E-state index in [-0.39, 0.29) is 18.1 Å². The smallest absolute Gasteiger partial charge is 0.310 e. The fraction of sp³-hybridized carbons (Fsp3) is 0.350. The van der Waals surface area contributed by atoms with E-state index in [1.54, 1.807) is 12.4 Å². The SMILES string of the molecule is O=C(O)[C@@H]1[C@H](C(=O)Nc2ccc(Cc3ccncc3)cc2)[C@H]2CC[C@H]1O2. The fourth-order valence-electron chi connectivity index (χ4n) is 3.99. The highest BCUT2D eigenvalue weighted by Gasteiger charge is 2.55. The first-order valence-electron chi connectivity index (χ1n) is 8.79. The summed E-state index contributed by atoms with van der Waals surface area (Å²) in [6.07, 6.45) is 5.16. The number of aliphatic carboxylic acids is 1. The largest absolute Gasteiger partial charge is 0.481 e. The molecule has 0 unspecified atom stereocenters. The van der Waals surface area contributed by atoms with Crippen LogP contribution in [0.4, 0.5) is 5.69 Å². The Labute approximate surface area is 151 Å². The van der Waals surface area contributed by atoms with Gasteiger partial charge in [0.15, 0.2) is 0 Å². The van der Waals surface area contributed by atoms with E-state index in [2.05, 4.69) is 10.3 Å². The third-order valence-electron chi connectivity index (χ3n) is 5.24. The zero-order valence-electron chi connectivity index (χ0n) is 14.2. The van der Waals surface area contributed by atoms with Crippen LogP contribution in [0.15, 0.2) is 48.8 Å². The third kappa shape index (κ3) is 3.20. The molecule has 1 aromatic heterocycles. The summed E-state index contributed by atoms with van der Waals surface area (Å²) in [5, 5.41) is 12.3. The van der Waals surface area contributed by atoms with Crippen LogP contribution < -0.4 is 5.32 Å². The number of nitrogens with one attached hydrogen (secondary N) is 1. The van der Waals surface area contributed by atoms with Gasteiger partial charge in [-0.1, -0.05) is 12.1 Å². The lowest BCUT2D eigenvalue weighted by atomic mass is 9.78. The summed E-state index contributed by atoms with van der Waals surface area (Å²) in [5.74, 6) is -2.60. The molecular weight excluding hydrogens is 332 g/mol. The normalized spacial score (nSPS) is 26.6. The van der Waals surface area contributed by atoms with Crippen molar-refractivity contribution in [3.8, 4) is 0 Å². The molecule has 0 radical (unpaired) electrons. The second-order valence-corrected chi connectivity index (χ2v) is 6.90. The van der Waals surface area contributed by atoms with Crippen molar-refractivity contribution >= 4 is 17.6 Å². The van der Waals surface area contributed by atoms with Gasteiger partial charge in [0.2, 0.25) is 5.91 Å². The molecule has 6 nitrogen and oxygen atoms in total. The minimum absolute atomic E-state index is 0.272. The van der Waals surface area contributed by atoms with E-state index in [1.165, 1.54) is 5.56 Å². The molecular formula is C20H20N2O4. The van der Waals surface area contributed by atoms with E-state index in [1.807, 2.05) is 36.4 Å². The van der Waals surface area contributed by atoms with Crippen molar-refractivity contribution in [2.45, 2.75) is 31.5 Å². The molecule has 2 aliphatic rings. The lowest BCUT2D eigenvalue weighted by Gasteiger charge is -2.23. The maximum atomic E-state index is 12.6. The summed E-state index contributed by atoms with van der Waals surface area (Å²) in [5.41, 5.74) is 2.96. The van der Waals surface area contributed by atoms with Crippen LogP contribution in [0, 0.1) is 11.8 Å². The number of carbonyl (C=O) groups is 2. The number of carbonyl (C=O) groups excluding carboxylic acids is 1. The van der Waals surface area contributed by atoms with Crippen LogP contribution in [-0.2, 0) is 20.7 Å². The number of amides is 1. The van der Waals surface area contributed by atoms with Gasteiger partial charge >= 0.3 is 5.97 Å². The van der Waals surface area contributed by atoms with Gasteiger partial charge in [-0.2, -0.15) is 0 Å². The number of benzene rings is 1. The molecule has 1 aromatic carbocycles. The maximum absolute atomic E-state index is 12.6. The van der Waals surface area contributed by atoms with E-state index in [4.69, 9.17) is 4.74 Å². The maximum Gasteiger partial charge on any atom is 0.310 e. The van der Waals surface area contributed by atoms with Crippen molar-refractivity contribution in [3.05, 3.63) is 59.9 Å². The second-order valence-electron chi connectivity index (χ2n) is 6.90. The van der Waals surface area contributed by atoms with Gasteiger partial charge in [-0.3, -0.25) is 14.6 Å². The predicted octanol–water partition coefficient (Wildman–Crippen LogP) is 2.49. The van der Waals surface area contributed by atoms with Crippen molar-refractivity contribution in [3.63, 3.8) is 0 Å². The number of pyridine rings is 1. The molecule has 6 heteroatoms. The summed E-state index contributed by atoms with van der Waals surface area (Å²) in [6, 6.07) is 11.5. The highest BCUT2D eigenvalue weighted by Crippen LogP contribution is 2.44. The molecule has 2 aliphatic heterocycles. The van der Waals surface area contributed by atoms with Gasteiger partial charge in [-0.05, 0) is 54.7 Å². The predicted molar refractivity (Wildman–Crippen MR) is 94.6 cm³/mol. The summed E-state index contributed by atoms with van der Waals surface area (Å²) in [4.78, 5) is 28.2. The van der Waals surface area contributed by atoms with E-state index in [9.17, 15) is 14.7 Å². The molecule has 0 saturated carbocycles. The quantitative estimate of drug-likeness (QED) is 0.863. The Kier molecular flexibility index (Phi) is 4.42. The number of hydrogen-bond acceptors (Lipinski definition) is 4. The number of hydrogen-bond donors (Lipinski definition) is 2. The number of carboxylic acid groups (broad SMARTS) is 1. The number of ether oxygens (including phenoxy) is 1. The Balaban J connectivity index is 1.42. The first-order chi connectivity index (χ1) is 12.6. The van der Waals surface area contributed by atoms with E-state index >= 15 is 0 Å². The van der Waals surface area contributed by atoms with Crippen LogP contribution in [0.25, 0.3) is 0 Å². The number of fused-ring (bicyclic) bond motifs is 2. The zero-order chi connectivity index (χ0) is 18.1. The topological polar surface area (TPSA) is 88.5 Å². The lowest BCUT2D eigenvalue weighted by Crippen LogP contribution is -2.40. The molecule has 1 amide bonds. The van der Waals surface area contributed by atoms with Crippen LogP contribution in [-0.4, -0.2) is 34.2 Å². The number of rotatable bonds is 5. The van der Waals surface area contributed by atoms with Crippen LogP contribution in [0.1, 0.15) is 24.0 Å². The number of aromatic nitrogens is 1. The van der Waals surface area contributed by atoms with E-state index in [0.29, 0.717) is 5.69 Å². The summed E-state index contributed by atoms with van der Waals surface area (Å²) < 4.78 is 5.66. The molecule has 2 bridgehead atoms. The molecule has 2 saturated heterocycles. The Morgan fingerprint density at radius 2 is 1.62 bits per heavy atom. The number of nitrogens with zero attached hydrogens (tertiary/aromatic N) is 1. The van der Waals surface area contributed by atoms with Gasteiger partial charge in [-0.15, -0.1) is 0 Å². The molecule has 0 spiro atoms. The summed E-state index contributed by atoms with van der Waals surface area (Å²) >= 11 is 0. The van der Waals surface area contributed by atoms with Crippen molar-refractivity contribution in [1.29, 1.82) is 0 Å². The van der Waals surface area contributed by atoms with Crippen molar-refractivity contribution in [1.82, 2.24) is 4.98 Å². The fourth-order valence-corrected chi connectivity index (χ4v) is 3.99. The number of anilines is 1. The van der Waals surface area contributed by atoms with Crippen LogP contribution in [0.2, 0.25) is 0 Å². The molecule has 2 fully saturated rings. The summed E-state index contributed by atoms with van der Waals surface area (Å²) in [7, 11) is 0. The molecule has 2 aromatic rings. The van der Waals surface area contributed by atoms with Gasteiger partial charge in [0.05, 0.1) is 24.0 Å². The average Bonchev–Trinajstić information content (AvgIpc) is 3.25. The van der Waals surface area contributed by atoms with Crippen molar-refractivity contribution < 1.29 is 19.4 Å². The van der Waals surface area contributed by atoms with Gasteiger partial charge in [0.1, 0.15) is 0 Å². The van der Waals surface area contributed by atoms with Crippen LogP contribution in [0.5, 0.6) is 0 Å². The van der Waals surface area contributed by atoms with E-state index in [0.717, 1.165) is 24.8 Å². The Morgan fingerprint density at radius 1 is 1.00 bits per heavy atom. The molecule has 134 valence electrons. The van der Waals surface area contributed by atoms with E-state index < -0.39 is 17.8 Å². The minimum Gasteiger partial charge on any atom is -0.481 e. The second kappa shape index (κ2) is 6.88. The zero-order valence-corrected chi connectivity index (χ0v) is 14.2. The summed E-state index contributed by atoms with van der Waals surface area (Å²) in [6.45, 7) is 0. The first-order valence-corrected chi connectivity index (χ1v) is 8.79. The van der Waals surface area contributed by atoms with Crippen molar-refractivity contribution in [2.24, 2.45) is 11.8 Å². The van der Waals surface area contributed by atoms with Gasteiger partial charge < -0.3 is 15.2 Å². The molecule has 4 atom stereocenters. The molecule has 4 rings (SSSR count). The van der Waals surface area contributed by atoms with Gasteiger partial charge in [-0.25, -0.2) is 0 Å². The Bertz CT molecular complexity index is 806. The monoisotopic (exact) mass is 352 g/mol. The standard InChI is InChI=1S/C20H20N2O4/c23-19(17-15-5-6-16(26-15)18(17)20(24)25)22-14-3-1-12(2-4-14)11-13-7-9-21-10-8-13/h1-4,7-10,15-18H,5-6,11H2,(H,22,23)(H,24,25)/t15-,16-,17-,18+/m1/s1. The molecule has 2 N–H and O–H groups in total. The Hall–Kier alpha value is -2.73. The average molecular weight is 352 g/mol. The highest BCUT2D eigenvalue weighted by atomic mass is 16.5. The number of carboxylic acids is 1. The highest BCUT2D eigenvalue weighted by molar-refractivity contribution is 5.96.